The average Bonchev–Trinajstić information content (AvgIpc) is 2.76. The van der Waals surface area contributed by atoms with E-state index < -0.39 is 5.41 Å². The molecule has 1 aromatic heterocycles. The molecule has 0 fully saturated rings. The Morgan fingerprint density at radius 2 is 1.85 bits per heavy atom. The predicted octanol–water partition coefficient (Wildman–Crippen LogP) is 1.83. The lowest BCUT2D eigenvalue weighted by molar-refractivity contribution is -0.121. The number of hydrogen-bond acceptors (Lipinski definition) is 4. The second kappa shape index (κ2) is 6.33. The lowest BCUT2D eigenvalue weighted by Gasteiger charge is -2.17. The van der Waals surface area contributed by atoms with E-state index in [2.05, 4.69) is 10.3 Å². The Kier molecular flexibility index (Phi) is 4.41. The van der Waals surface area contributed by atoms with Crippen molar-refractivity contribution in [1.29, 1.82) is 0 Å². The molecular weight excluding hydrogens is 344 g/mol. The van der Waals surface area contributed by atoms with Gasteiger partial charge in [-0.1, -0.05) is 0 Å². The van der Waals surface area contributed by atoms with E-state index in [1.165, 1.54) is 10.9 Å². The summed E-state index contributed by atoms with van der Waals surface area (Å²) < 4.78 is 1.39. The maximum absolute atomic E-state index is 12.5. The first-order chi connectivity index (χ1) is 12.5. The van der Waals surface area contributed by atoms with Crippen LogP contribution in [0.3, 0.4) is 0 Å². The second-order valence-corrected chi connectivity index (χ2v) is 7.64. The number of rotatable bonds is 3. The van der Waals surface area contributed by atoms with Gasteiger partial charge in [0.15, 0.2) is 0 Å². The van der Waals surface area contributed by atoms with Crippen LogP contribution < -0.4 is 15.8 Å². The minimum atomic E-state index is -0.640. The van der Waals surface area contributed by atoms with Crippen LogP contribution >= 0.6 is 0 Å². The summed E-state index contributed by atoms with van der Waals surface area (Å²) in [5.41, 5.74) is 3.47. The number of anilines is 2. The maximum atomic E-state index is 12.5. The van der Waals surface area contributed by atoms with E-state index in [-0.39, 0.29) is 23.8 Å². The van der Waals surface area contributed by atoms with Crippen LogP contribution in [0.2, 0.25) is 0 Å². The van der Waals surface area contributed by atoms with Crippen LogP contribution in [0.5, 0.6) is 0 Å². The van der Waals surface area contributed by atoms with Crippen molar-refractivity contribution in [3.05, 3.63) is 51.2 Å². The molecule has 1 aromatic carbocycles. The molecule has 0 spiro atoms. The molecule has 0 bridgehead atoms. The van der Waals surface area contributed by atoms with E-state index in [0.29, 0.717) is 16.9 Å². The average molecular weight is 368 g/mol. The Hall–Kier alpha value is -2.96. The fraction of sp³-hybridized carbons (Fsp3) is 0.400. The predicted molar refractivity (Wildman–Crippen MR) is 104 cm³/mol. The molecule has 2 aromatic rings. The lowest BCUT2D eigenvalue weighted by Crippen LogP contribution is -2.33. The quantitative estimate of drug-likeness (QED) is 0.896. The van der Waals surface area contributed by atoms with Gasteiger partial charge in [0.1, 0.15) is 0 Å². The van der Waals surface area contributed by atoms with Crippen molar-refractivity contribution in [2.45, 2.75) is 39.5 Å². The SMILES string of the molecule is Cc1cc(NC(=O)Cc2ncn(C)c(=O)c2C)cc2c1N(C)C(=O)C2(C)C. The molecule has 2 amide bonds. The molecule has 0 radical (unpaired) electrons. The van der Waals surface area contributed by atoms with Crippen molar-refractivity contribution in [2.75, 3.05) is 17.3 Å². The fourth-order valence-corrected chi connectivity index (χ4v) is 3.64. The van der Waals surface area contributed by atoms with E-state index in [4.69, 9.17) is 0 Å². The second-order valence-electron chi connectivity index (χ2n) is 7.64. The molecule has 7 nitrogen and oxygen atoms in total. The monoisotopic (exact) mass is 368 g/mol. The highest BCUT2D eigenvalue weighted by Crippen LogP contribution is 2.44. The summed E-state index contributed by atoms with van der Waals surface area (Å²) in [4.78, 5) is 42.8. The van der Waals surface area contributed by atoms with Crippen LogP contribution in [0.15, 0.2) is 23.3 Å². The number of benzene rings is 1. The van der Waals surface area contributed by atoms with E-state index in [9.17, 15) is 14.4 Å². The number of carbonyl (C=O) groups excluding carboxylic acids is 2. The first-order valence-electron chi connectivity index (χ1n) is 8.78. The molecule has 2 heterocycles. The first kappa shape index (κ1) is 18.8. The first-order valence-corrected chi connectivity index (χ1v) is 8.78. The molecule has 1 aliphatic rings. The number of hydrogen-bond donors (Lipinski definition) is 1. The number of aromatic nitrogens is 2. The minimum Gasteiger partial charge on any atom is -0.326 e. The molecule has 1 aliphatic heterocycles. The van der Waals surface area contributed by atoms with Crippen molar-refractivity contribution in [2.24, 2.45) is 7.05 Å². The lowest BCUT2D eigenvalue weighted by atomic mass is 9.85. The van der Waals surface area contributed by atoms with Crippen LogP contribution in [0.1, 0.15) is 36.2 Å². The molecule has 0 unspecified atom stereocenters. The van der Waals surface area contributed by atoms with Gasteiger partial charge in [-0.2, -0.15) is 0 Å². The number of carbonyl (C=O) groups is 2. The van der Waals surface area contributed by atoms with Crippen LogP contribution in [0.25, 0.3) is 0 Å². The van der Waals surface area contributed by atoms with Crippen molar-refractivity contribution in [3.63, 3.8) is 0 Å². The summed E-state index contributed by atoms with van der Waals surface area (Å²) in [5.74, 6) is -0.224. The highest BCUT2D eigenvalue weighted by Gasteiger charge is 2.43. The summed E-state index contributed by atoms with van der Waals surface area (Å²) in [6.07, 6.45) is 1.43. The van der Waals surface area contributed by atoms with Gasteiger partial charge in [-0.05, 0) is 51.0 Å². The van der Waals surface area contributed by atoms with Crippen LogP contribution in [-0.4, -0.2) is 28.4 Å². The third kappa shape index (κ3) is 3.03. The zero-order chi connectivity index (χ0) is 20.1. The van der Waals surface area contributed by atoms with Gasteiger partial charge >= 0.3 is 0 Å². The van der Waals surface area contributed by atoms with Crippen molar-refractivity contribution >= 4 is 23.2 Å². The molecule has 142 valence electrons. The van der Waals surface area contributed by atoms with Crippen LogP contribution in [-0.2, 0) is 28.5 Å². The van der Waals surface area contributed by atoms with E-state index in [1.54, 1.807) is 25.9 Å². The fourth-order valence-electron chi connectivity index (χ4n) is 3.64. The number of amides is 2. The summed E-state index contributed by atoms with van der Waals surface area (Å²) in [6, 6.07) is 3.71. The molecule has 0 aliphatic carbocycles. The van der Waals surface area contributed by atoms with Gasteiger partial charge in [-0.25, -0.2) is 4.98 Å². The Labute approximate surface area is 158 Å². The van der Waals surface area contributed by atoms with Crippen LogP contribution in [0, 0.1) is 13.8 Å². The molecule has 1 N–H and O–H groups in total. The van der Waals surface area contributed by atoms with Crippen molar-refractivity contribution in [1.82, 2.24) is 9.55 Å². The summed E-state index contributed by atoms with van der Waals surface area (Å²) in [7, 11) is 3.39. The third-order valence-corrected chi connectivity index (χ3v) is 5.22. The molecule has 0 atom stereocenters. The molecule has 0 saturated heterocycles. The standard InChI is InChI=1S/C20H24N4O3/c1-11-7-13(8-14-17(11)24(6)19(27)20(14,3)4)22-16(25)9-15-12(2)18(26)23(5)10-21-15/h7-8,10H,9H2,1-6H3,(H,22,25). The Morgan fingerprint density at radius 1 is 1.19 bits per heavy atom. The van der Waals surface area contributed by atoms with Gasteiger partial charge in [0, 0.05) is 25.3 Å². The third-order valence-electron chi connectivity index (χ3n) is 5.22. The van der Waals surface area contributed by atoms with Gasteiger partial charge in [-0.3, -0.25) is 14.4 Å². The largest absolute Gasteiger partial charge is 0.326 e. The highest BCUT2D eigenvalue weighted by molar-refractivity contribution is 6.08. The Morgan fingerprint density at radius 3 is 2.52 bits per heavy atom. The van der Waals surface area contributed by atoms with Gasteiger partial charge in [0.2, 0.25) is 11.8 Å². The number of nitrogens with zero attached hydrogens (tertiary/aromatic N) is 3. The summed E-state index contributed by atoms with van der Waals surface area (Å²) in [6.45, 7) is 7.36. The normalized spacial score (nSPS) is 15.0. The Balaban J connectivity index is 1.88. The van der Waals surface area contributed by atoms with E-state index >= 15 is 0 Å². The highest BCUT2D eigenvalue weighted by atomic mass is 16.2. The topological polar surface area (TPSA) is 84.3 Å². The van der Waals surface area contributed by atoms with E-state index in [0.717, 1.165) is 16.8 Å². The summed E-state index contributed by atoms with van der Waals surface area (Å²) >= 11 is 0. The van der Waals surface area contributed by atoms with Crippen LogP contribution in [0.4, 0.5) is 11.4 Å². The van der Waals surface area contributed by atoms with Gasteiger partial charge in [0.25, 0.3) is 5.56 Å². The molecule has 3 rings (SSSR count). The number of nitrogens with one attached hydrogen (secondary N) is 1. The van der Waals surface area contributed by atoms with Crippen molar-refractivity contribution < 1.29 is 9.59 Å². The minimum absolute atomic E-state index is 0.0142. The van der Waals surface area contributed by atoms with Gasteiger partial charge in [-0.15, -0.1) is 0 Å². The zero-order valence-electron chi connectivity index (χ0n) is 16.5. The number of likely N-dealkylation sites (N-methyl/N-ethyl adjacent to an activating group) is 1. The zero-order valence-corrected chi connectivity index (χ0v) is 16.5. The van der Waals surface area contributed by atoms with Gasteiger partial charge in [0.05, 0.1) is 29.5 Å². The molecule has 0 saturated carbocycles. The van der Waals surface area contributed by atoms with E-state index in [1.807, 2.05) is 32.9 Å². The Bertz CT molecular complexity index is 1020. The number of fused-ring (bicyclic) bond motifs is 1. The van der Waals surface area contributed by atoms with Crippen molar-refractivity contribution in [3.8, 4) is 0 Å². The molecule has 7 heteroatoms. The summed E-state index contributed by atoms with van der Waals surface area (Å²) in [5, 5.41) is 2.87. The molecular formula is C20H24N4O3. The smallest absolute Gasteiger partial charge is 0.256 e. The number of aryl methyl sites for hydroxylation is 2. The maximum Gasteiger partial charge on any atom is 0.256 e. The molecule has 27 heavy (non-hydrogen) atoms. The van der Waals surface area contributed by atoms with Gasteiger partial charge < -0.3 is 14.8 Å².